The first kappa shape index (κ1) is 12.5. The van der Waals surface area contributed by atoms with Crippen LogP contribution in [0.1, 0.15) is 39.0 Å². The zero-order valence-electron chi connectivity index (χ0n) is 10.3. The first-order chi connectivity index (χ1) is 8.30. The molecule has 0 unspecified atom stereocenters. The Labute approximate surface area is 108 Å². The van der Waals surface area contributed by atoms with Crippen LogP contribution in [0.25, 0.3) is 0 Å². The Balaban J connectivity index is 2.17. The van der Waals surface area contributed by atoms with Crippen molar-refractivity contribution < 1.29 is 4.74 Å². The van der Waals surface area contributed by atoms with E-state index in [-0.39, 0.29) is 5.41 Å². The molecule has 17 heavy (non-hydrogen) atoms. The fourth-order valence-corrected chi connectivity index (χ4v) is 2.96. The number of allylic oxidation sites excluding steroid dienone is 1. The van der Waals surface area contributed by atoms with Crippen LogP contribution in [0, 0.1) is 5.41 Å². The van der Waals surface area contributed by atoms with E-state index in [1.807, 2.05) is 30.3 Å². The first-order valence-corrected chi connectivity index (χ1v) is 6.78. The summed E-state index contributed by atoms with van der Waals surface area (Å²) >= 11 is 5.98. The largest absolute Gasteiger partial charge is 0.460 e. The van der Waals surface area contributed by atoms with Crippen LogP contribution in [0.2, 0.25) is 0 Å². The molecule has 0 aromatic heterocycles. The standard InChI is InChI=1S/C15H19ClO/c1-2-15(10-6-7-11-15)14(12-16)17-13-8-4-3-5-9-13/h3-5,8-9,12H,2,6-7,10-11H2,1H3. The summed E-state index contributed by atoms with van der Waals surface area (Å²) in [4.78, 5) is 0. The van der Waals surface area contributed by atoms with E-state index in [4.69, 9.17) is 16.3 Å². The van der Waals surface area contributed by atoms with Crippen LogP contribution in [0.15, 0.2) is 41.6 Å². The minimum atomic E-state index is 0.164. The van der Waals surface area contributed by atoms with Crippen molar-refractivity contribution >= 4 is 11.6 Å². The maximum atomic E-state index is 5.98. The number of ether oxygens (including phenoxy) is 1. The third kappa shape index (κ3) is 2.66. The van der Waals surface area contributed by atoms with Crippen molar-refractivity contribution in [3.05, 3.63) is 41.6 Å². The lowest BCUT2D eigenvalue weighted by atomic mass is 9.82. The molecule has 92 valence electrons. The van der Waals surface area contributed by atoms with Crippen molar-refractivity contribution in [2.75, 3.05) is 0 Å². The Bertz CT molecular complexity index is 377. The predicted octanol–water partition coefficient (Wildman–Crippen LogP) is 5.12. The van der Waals surface area contributed by atoms with E-state index in [9.17, 15) is 0 Å². The van der Waals surface area contributed by atoms with Gasteiger partial charge in [-0.25, -0.2) is 0 Å². The van der Waals surface area contributed by atoms with Crippen LogP contribution in [0.4, 0.5) is 0 Å². The topological polar surface area (TPSA) is 9.23 Å². The minimum Gasteiger partial charge on any atom is -0.460 e. The van der Waals surface area contributed by atoms with Crippen molar-refractivity contribution in [1.29, 1.82) is 0 Å². The van der Waals surface area contributed by atoms with Gasteiger partial charge in [-0.2, -0.15) is 0 Å². The number of benzene rings is 1. The van der Waals surface area contributed by atoms with E-state index in [0.29, 0.717) is 0 Å². The molecule has 0 amide bonds. The monoisotopic (exact) mass is 250 g/mol. The molecule has 2 heteroatoms. The summed E-state index contributed by atoms with van der Waals surface area (Å²) in [6.45, 7) is 2.22. The van der Waals surface area contributed by atoms with Crippen LogP contribution in [0.5, 0.6) is 5.75 Å². The van der Waals surface area contributed by atoms with Crippen molar-refractivity contribution in [3.8, 4) is 5.75 Å². The Morgan fingerprint density at radius 3 is 2.47 bits per heavy atom. The lowest BCUT2D eigenvalue weighted by Gasteiger charge is -2.29. The Hall–Kier alpha value is -0.950. The van der Waals surface area contributed by atoms with Gasteiger partial charge in [-0.1, -0.05) is 49.6 Å². The first-order valence-electron chi connectivity index (χ1n) is 6.34. The van der Waals surface area contributed by atoms with E-state index in [2.05, 4.69) is 6.92 Å². The average molecular weight is 251 g/mol. The number of halogens is 1. The van der Waals surface area contributed by atoms with Crippen molar-refractivity contribution in [2.45, 2.75) is 39.0 Å². The second-order valence-electron chi connectivity index (χ2n) is 4.73. The van der Waals surface area contributed by atoms with E-state index >= 15 is 0 Å². The van der Waals surface area contributed by atoms with Crippen LogP contribution in [0.3, 0.4) is 0 Å². The van der Waals surface area contributed by atoms with Gasteiger partial charge in [-0.15, -0.1) is 0 Å². The van der Waals surface area contributed by atoms with Gasteiger partial charge in [0.1, 0.15) is 11.5 Å². The molecule has 1 aromatic rings. The summed E-state index contributed by atoms with van der Waals surface area (Å²) in [6.07, 6.45) is 6.03. The fourth-order valence-electron chi connectivity index (χ4n) is 2.69. The smallest absolute Gasteiger partial charge is 0.127 e. The fraction of sp³-hybridized carbons (Fsp3) is 0.467. The molecule has 0 heterocycles. The van der Waals surface area contributed by atoms with Gasteiger partial charge < -0.3 is 4.74 Å². The average Bonchev–Trinajstić information content (AvgIpc) is 2.87. The second kappa shape index (κ2) is 5.59. The van der Waals surface area contributed by atoms with Crippen LogP contribution in [-0.2, 0) is 0 Å². The summed E-state index contributed by atoms with van der Waals surface area (Å²) < 4.78 is 5.97. The Kier molecular flexibility index (Phi) is 4.11. The predicted molar refractivity (Wildman–Crippen MR) is 72.2 cm³/mol. The second-order valence-corrected chi connectivity index (χ2v) is 4.95. The molecule has 0 aliphatic heterocycles. The molecule has 1 saturated carbocycles. The Morgan fingerprint density at radius 2 is 1.94 bits per heavy atom. The molecule has 1 aromatic carbocycles. The summed E-state index contributed by atoms with van der Waals surface area (Å²) in [5.74, 6) is 1.81. The number of hydrogen-bond acceptors (Lipinski definition) is 1. The maximum Gasteiger partial charge on any atom is 0.127 e. The van der Waals surface area contributed by atoms with Crippen LogP contribution >= 0.6 is 11.6 Å². The number of rotatable bonds is 4. The van der Waals surface area contributed by atoms with Gasteiger partial charge >= 0.3 is 0 Å². The van der Waals surface area contributed by atoms with Crippen molar-refractivity contribution in [1.82, 2.24) is 0 Å². The molecule has 0 atom stereocenters. The highest BCUT2D eigenvalue weighted by molar-refractivity contribution is 6.25. The van der Waals surface area contributed by atoms with Crippen molar-refractivity contribution in [3.63, 3.8) is 0 Å². The molecular formula is C15H19ClO. The summed E-state index contributed by atoms with van der Waals surface area (Å²) in [6, 6.07) is 9.89. The lowest BCUT2D eigenvalue weighted by molar-refractivity contribution is 0.230. The molecule has 2 rings (SSSR count). The van der Waals surface area contributed by atoms with Gasteiger partial charge in [0.05, 0.1) is 0 Å². The zero-order valence-corrected chi connectivity index (χ0v) is 11.0. The molecule has 1 aliphatic carbocycles. The van der Waals surface area contributed by atoms with E-state index < -0.39 is 0 Å². The molecule has 1 fully saturated rings. The zero-order chi connectivity index (χ0) is 12.1. The normalized spacial score (nSPS) is 19.3. The summed E-state index contributed by atoms with van der Waals surface area (Å²) in [5.41, 5.74) is 1.79. The molecule has 1 nitrogen and oxygen atoms in total. The van der Waals surface area contributed by atoms with E-state index in [0.717, 1.165) is 17.9 Å². The molecule has 0 N–H and O–H groups in total. The highest BCUT2D eigenvalue weighted by atomic mass is 35.5. The van der Waals surface area contributed by atoms with Gasteiger partial charge in [-0.05, 0) is 31.4 Å². The molecular weight excluding hydrogens is 232 g/mol. The molecule has 0 bridgehead atoms. The van der Waals surface area contributed by atoms with Crippen LogP contribution in [-0.4, -0.2) is 0 Å². The minimum absolute atomic E-state index is 0.164. The van der Waals surface area contributed by atoms with Crippen LogP contribution < -0.4 is 4.74 Å². The number of hydrogen-bond donors (Lipinski definition) is 0. The highest BCUT2D eigenvalue weighted by Crippen LogP contribution is 2.47. The number of para-hydroxylation sites is 1. The Morgan fingerprint density at radius 1 is 1.29 bits per heavy atom. The third-order valence-electron chi connectivity index (χ3n) is 3.83. The van der Waals surface area contributed by atoms with E-state index in [1.165, 1.54) is 25.7 Å². The van der Waals surface area contributed by atoms with Crippen molar-refractivity contribution in [2.24, 2.45) is 5.41 Å². The summed E-state index contributed by atoms with van der Waals surface area (Å²) in [5, 5.41) is 0. The van der Waals surface area contributed by atoms with Gasteiger partial charge in [-0.3, -0.25) is 0 Å². The third-order valence-corrected chi connectivity index (χ3v) is 4.03. The molecule has 0 saturated heterocycles. The summed E-state index contributed by atoms with van der Waals surface area (Å²) in [7, 11) is 0. The molecule has 1 aliphatic rings. The quantitative estimate of drug-likeness (QED) is 0.675. The molecule has 0 spiro atoms. The van der Waals surface area contributed by atoms with Gasteiger partial charge in [0.2, 0.25) is 0 Å². The lowest BCUT2D eigenvalue weighted by Crippen LogP contribution is -2.22. The van der Waals surface area contributed by atoms with Gasteiger partial charge in [0, 0.05) is 11.0 Å². The van der Waals surface area contributed by atoms with Gasteiger partial charge in [0.25, 0.3) is 0 Å². The SMILES string of the molecule is CCC1(C(=CCl)Oc2ccccc2)CCCC1. The van der Waals surface area contributed by atoms with E-state index in [1.54, 1.807) is 5.54 Å². The maximum absolute atomic E-state index is 5.98. The molecule has 0 radical (unpaired) electrons. The highest BCUT2D eigenvalue weighted by Gasteiger charge is 2.37. The van der Waals surface area contributed by atoms with Gasteiger partial charge in [0.15, 0.2) is 0 Å².